The average molecular weight is 387 g/mol. The van der Waals surface area contributed by atoms with Gasteiger partial charge in [-0.25, -0.2) is 0 Å². The lowest BCUT2D eigenvalue weighted by atomic mass is 10.1. The van der Waals surface area contributed by atoms with Gasteiger partial charge in [0.2, 0.25) is 5.91 Å². The first-order chi connectivity index (χ1) is 12.7. The number of thiophene rings is 2. The van der Waals surface area contributed by atoms with E-state index in [1.807, 2.05) is 24.0 Å². The molecule has 1 aliphatic rings. The van der Waals surface area contributed by atoms with Gasteiger partial charge in [-0.05, 0) is 31.4 Å². The van der Waals surface area contributed by atoms with Crippen molar-refractivity contribution >= 4 is 54.0 Å². The topological polar surface area (TPSA) is 49.4 Å². The van der Waals surface area contributed by atoms with Crippen LogP contribution in [-0.2, 0) is 4.79 Å². The van der Waals surface area contributed by atoms with Gasteiger partial charge in [-0.15, -0.1) is 22.7 Å². The number of benzene rings is 1. The maximum absolute atomic E-state index is 13.0. The SMILES string of the molecule is CCCC(=O)NC1CCCN(C(=O)c2cc3sc4ccccc4c3s2)C1. The first-order valence-electron chi connectivity index (χ1n) is 9.15. The highest BCUT2D eigenvalue weighted by Crippen LogP contribution is 2.39. The van der Waals surface area contributed by atoms with E-state index in [9.17, 15) is 9.59 Å². The van der Waals surface area contributed by atoms with Gasteiger partial charge in [0.05, 0.1) is 9.58 Å². The summed E-state index contributed by atoms with van der Waals surface area (Å²) in [6, 6.07) is 10.5. The van der Waals surface area contributed by atoms with Crippen molar-refractivity contribution in [1.29, 1.82) is 0 Å². The number of carbonyl (C=O) groups is 2. The van der Waals surface area contributed by atoms with Crippen molar-refractivity contribution in [1.82, 2.24) is 10.2 Å². The Hall–Kier alpha value is -1.92. The lowest BCUT2D eigenvalue weighted by molar-refractivity contribution is -0.122. The van der Waals surface area contributed by atoms with Crippen LogP contribution in [0.1, 0.15) is 42.3 Å². The molecule has 4 rings (SSSR count). The minimum absolute atomic E-state index is 0.0775. The molecule has 0 aliphatic carbocycles. The number of rotatable bonds is 4. The number of carbonyl (C=O) groups excluding carboxylic acids is 2. The molecule has 2 amide bonds. The summed E-state index contributed by atoms with van der Waals surface area (Å²) in [5.41, 5.74) is 0. The monoisotopic (exact) mass is 386 g/mol. The molecule has 2 aromatic heterocycles. The predicted octanol–water partition coefficient (Wildman–Crippen LogP) is 4.64. The lowest BCUT2D eigenvalue weighted by Gasteiger charge is -2.33. The van der Waals surface area contributed by atoms with E-state index in [0.717, 1.165) is 30.7 Å². The van der Waals surface area contributed by atoms with Gasteiger partial charge in [0.15, 0.2) is 0 Å². The minimum atomic E-state index is 0.0775. The van der Waals surface area contributed by atoms with Gasteiger partial charge in [-0.3, -0.25) is 9.59 Å². The highest BCUT2D eigenvalue weighted by molar-refractivity contribution is 7.33. The van der Waals surface area contributed by atoms with E-state index in [1.54, 1.807) is 22.7 Å². The molecule has 136 valence electrons. The molecular formula is C20H22N2O2S2. The summed E-state index contributed by atoms with van der Waals surface area (Å²) in [5, 5.41) is 4.31. The lowest BCUT2D eigenvalue weighted by Crippen LogP contribution is -2.49. The normalized spacial score (nSPS) is 17.7. The van der Waals surface area contributed by atoms with Crippen LogP contribution in [-0.4, -0.2) is 35.8 Å². The minimum Gasteiger partial charge on any atom is -0.352 e. The molecule has 1 atom stereocenters. The predicted molar refractivity (Wildman–Crippen MR) is 109 cm³/mol. The highest BCUT2D eigenvalue weighted by atomic mass is 32.1. The second-order valence-electron chi connectivity index (χ2n) is 6.81. The molecule has 6 heteroatoms. The van der Waals surface area contributed by atoms with Crippen LogP contribution >= 0.6 is 22.7 Å². The number of fused-ring (bicyclic) bond motifs is 3. The number of nitrogens with one attached hydrogen (secondary N) is 1. The molecule has 26 heavy (non-hydrogen) atoms. The molecule has 3 heterocycles. The molecule has 1 fully saturated rings. The summed E-state index contributed by atoms with van der Waals surface area (Å²) in [5.74, 6) is 0.187. The number of hydrogen-bond donors (Lipinski definition) is 1. The van der Waals surface area contributed by atoms with Crippen molar-refractivity contribution in [2.45, 2.75) is 38.6 Å². The van der Waals surface area contributed by atoms with Gasteiger partial charge in [0.25, 0.3) is 5.91 Å². The van der Waals surface area contributed by atoms with Gasteiger partial charge in [0, 0.05) is 40.3 Å². The smallest absolute Gasteiger partial charge is 0.264 e. The number of hydrogen-bond acceptors (Lipinski definition) is 4. The van der Waals surface area contributed by atoms with Crippen LogP contribution in [0.25, 0.3) is 19.5 Å². The molecule has 4 nitrogen and oxygen atoms in total. The summed E-state index contributed by atoms with van der Waals surface area (Å²) in [6.07, 6.45) is 3.29. The third-order valence-electron chi connectivity index (χ3n) is 4.81. The third kappa shape index (κ3) is 3.35. The average Bonchev–Trinajstić information content (AvgIpc) is 3.19. The molecule has 1 aromatic carbocycles. The first kappa shape index (κ1) is 17.5. The van der Waals surface area contributed by atoms with Crippen molar-refractivity contribution in [3.63, 3.8) is 0 Å². The van der Waals surface area contributed by atoms with Crippen LogP contribution in [0.4, 0.5) is 0 Å². The van der Waals surface area contributed by atoms with Crippen LogP contribution in [0.2, 0.25) is 0 Å². The maximum atomic E-state index is 13.0. The van der Waals surface area contributed by atoms with Crippen molar-refractivity contribution in [3.05, 3.63) is 35.2 Å². The largest absolute Gasteiger partial charge is 0.352 e. The zero-order valence-corrected chi connectivity index (χ0v) is 16.4. The van der Waals surface area contributed by atoms with Crippen molar-refractivity contribution in [2.75, 3.05) is 13.1 Å². The number of likely N-dealkylation sites (tertiary alicyclic amines) is 1. The Morgan fingerprint density at radius 2 is 2.08 bits per heavy atom. The molecule has 3 aromatic rings. The molecule has 0 radical (unpaired) electrons. The Balaban J connectivity index is 1.51. The Morgan fingerprint density at radius 1 is 1.23 bits per heavy atom. The fraction of sp³-hybridized carbons (Fsp3) is 0.400. The van der Waals surface area contributed by atoms with E-state index in [-0.39, 0.29) is 17.9 Å². The Morgan fingerprint density at radius 3 is 2.92 bits per heavy atom. The van der Waals surface area contributed by atoms with Gasteiger partial charge < -0.3 is 10.2 Å². The van der Waals surface area contributed by atoms with Gasteiger partial charge in [0.1, 0.15) is 0 Å². The quantitative estimate of drug-likeness (QED) is 0.710. The summed E-state index contributed by atoms with van der Waals surface area (Å²) >= 11 is 3.33. The van der Waals surface area contributed by atoms with Crippen LogP contribution < -0.4 is 5.32 Å². The van der Waals surface area contributed by atoms with Gasteiger partial charge >= 0.3 is 0 Å². The summed E-state index contributed by atoms with van der Waals surface area (Å²) in [7, 11) is 0. The number of nitrogens with zero attached hydrogens (tertiary/aromatic N) is 1. The van der Waals surface area contributed by atoms with Crippen LogP contribution in [0.5, 0.6) is 0 Å². The van der Waals surface area contributed by atoms with Crippen molar-refractivity contribution in [2.24, 2.45) is 0 Å². The molecule has 0 saturated carbocycles. The molecule has 1 saturated heterocycles. The fourth-order valence-electron chi connectivity index (χ4n) is 3.57. The summed E-state index contributed by atoms with van der Waals surface area (Å²) in [4.78, 5) is 27.5. The van der Waals surface area contributed by atoms with Gasteiger partial charge in [-0.2, -0.15) is 0 Å². The van der Waals surface area contributed by atoms with E-state index < -0.39 is 0 Å². The van der Waals surface area contributed by atoms with Crippen LogP contribution in [0, 0.1) is 0 Å². The molecular weight excluding hydrogens is 364 g/mol. The van der Waals surface area contributed by atoms with E-state index in [1.165, 1.54) is 19.5 Å². The molecule has 1 aliphatic heterocycles. The zero-order chi connectivity index (χ0) is 18.1. The van der Waals surface area contributed by atoms with E-state index in [2.05, 4.69) is 23.5 Å². The van der Waals surface area contributed by atoms with E-state index in [0.29, 0.717) is 13.0 Å². The van der Waals surface area contributed by atoms with E-state index >= 15 is 0 Å². The first-order valence-corrected chi connectivity index (χ1v) is 10.8. The maximum Gasteiger partial charge on any atom is 0.264 e. The van der Waals surface area contributed by atoms with Crippen molar-refractivity contribution < 1.29 is 9.59 Å². The fourth-order valence-corrected chi connectivity index (χ4v) is 6.06. The number of amides is 2. The standard InChI is InChI=1S/C20H22N2O2S2/c1-2-6-18(23)21-13-7-5-10-22(12-13)20(24)17-11-16-19(26-17)14-8-3-4-9-15(14)25-16/h3-4,8-9,11,13H,2,5-7,10,12H2,1H3,(H,21,23). The molecule has 1 unspecified atom stereocenters. The summed E-state index contributed by atoms with van der Waals surface area (Å²) < 4.78 is 3.66. The molecule has 1 N–H and O–H groups in total. The number of piperidine rings is 1. The van der Waals surface area contributed by atoms with Gasteiger partial charge in [-0.1, -0.05) is 25.1 Å². The van der Waals surface area contributed by atoms with Crippen molar-refractivity contribution in [3.8, 4) is 0 Å². The van der Waals surface area contributed by atoms with Crippen LogP contribution in [0.15, 0.2) is 30.3 Å². The Kier molecular flexibility index (Phi) is 4.96. The molecule has 0 spiro atoms. The Bertz CT molecular complexity index is 959. The zero-order valence-electron chi connectivity index (χ0n) is 14.8. The second kappa shape index (κ2) is 7.37. The Labute approximate surface area is 160 Å². The third-order valence-corrected chi connectivity index (χ3v) is 7.21. The van der Waals surface area contributed by atoms with E-state index in [4.69, 9.17) is 0 Å². The molecule has 0 bridgehead atoms. The summed E-state index contributed by atoms with van der Waals surface area (Å²) in [6.45, 7) is 3.38. The highest BCUT2D eigenvalue weighted by Gasteiger charge is 2.26. The van der Waals surface area contributed by atoms with Crippen LogP contribution in [0.3, 0.4) is 0 Å². The second-order valence-corrected chi connectivity index (χ2v) is 8.95.